The number of ether oxygens (including phenoxy) is 1. The van der Waals surface area contributed by atoms with Crippen LogP contribution in [0, 0.1) is 6.92 Å². The Morgan fingerprint density at radius 1 is 1.25 bits per heavy atom. The molecule has 0 fully saturated rings. The van der Waals surface area contributed by atoms with E-state index >= 15 is 0 Å². The van der Waals surface area contributed by atoms with Crippen molar-refractivity contribution in [3.05, 3.63) is 69.1 Å². The average molecular weight is 379 g/mol. The number of rotatable bonds is 4. The van der Waals surface area contributed by atoms with Crippen LogP contribution in [0.25, 0.3) is 22.6 Å². The molecule has 0 aliphatic rings. The predicted octanol–water partition coefficient (Wildman–Crippen LogP) is 2.03. The summed E-state index contributed by atoms with van der Waals surface area (Å²) in [5, 5.41) is 0. The van der Waals surface area contributed by atoms with Crippen LogP contribution < -0.4 is 16.0 Å². The average Bonchev–Trinajstić information content (AvgIpc) is 3.20. The van der Waals surface area contributed by atoms with Crippen LogP contribution >= 0.6 is 0 Å². The van der Waals surface area contributed by atoms with Crippen LogP contribution in [0.1, 0.15) is 12.6 Å². The lowest BCUT2D eigenvalue weighted by Gasteiger charge is -2.07. The molecule has 8 heteroatoms. The zero-order valence-corrected chi connectivity index (χ0v) is 16.2. The van der Waals surface area contributed by atoms with Gasteiger partial charge in [0.25, 0.3) is 5.56 Å². The van der Waals surface area contributed by atoms with Crippen molar-refractivity contribution in [1.29, 1.82) is 0 Å². The third kappa shape index (κ3) is 2.49. The summed E-state index contributed by atoms with van der Waals surface area (Å²) in [4.78, 5) is 30.3. The maximum absolute atomic E-state index is 13.1. The molecule has 4 aromatic rings. The van der Waals surface area contributed by atoms with Crippen LogP contribution in [-0.2, 0) is 13.6 Å². The fourth-order valence-electron chi connectivity index (χ4n) is 3.45. The molecule has 0 amide bonds. The minimum Gasteiger partial charge on any atom is -0.497 e. The van der Waals surface area contributed by atoms with Crippen molar-refractivity contribution in [3.8, 4) is 11.4 Å². The molecule has 0 N–H and O–H groups in total. The van der Waals surface area contributed by atoms with Crippen molar-refractivity contribution in [2.45, 2.75) is 20.4 Å². The second-order valence-corrected chi connectivity index (χ2v) is 6.59. The lowest BCUT2D eigenvalue weighted by molar-refractivity contribution is 0.414. The van der Waals surface area contributed by atoms with E-state index in [9.17, 15) is 9.59 Å². The van der Waals surface area contributed by atoms with E-state index in [1.54, 1.807) is 24.6 Å². The van der Waals surface area contributed by atoms with Gasteiger partial charge in [-0.2, -0.15) is 4.98 Å². The molecule has 8 nitrogen and oxygen atoms in total. The lowest BCUT2D eigenvalue weighted by atomic mass is 10.3. The minimum absolute atomic E-state index is 0.223. The number of hydrogen-bond acceptors (Lipinski definition) is 4. The van der Waals surface area contributed by atoms with Crippen molar-refractivity contribution >= 4 is 16.9 Å². The number of benzene rings is 1. The van der Waals surface area contributed by atoms with E-state index in [0.29, 0.717) is 16.9 Å². The Labute approximate surface area is 160 Å². The van der Waals surface area contributed by atoms with E-state index in [2.05, 4.69) is 4.98 Å². The lowest BCUT2D eigenvalue weighted by Crippen LogP contribution is -2.39. The SMILES string of the molecule is C/C=C\Cn1c(=O)c2c(nc3n(-c4cccc(OC)c4)c(C)cn23)n(C)c1=O. The van der Waals surface area contributed by atoms with Crippen LogP contribution in [0.5, 0.6) is 5.75 Å². The van der Waals surface area contributed by atoms with Gasteiger partial charge in [-0.15, -0.1) is 0 Å². The highest BCUT2D eigenvalue weighted by atomic mass is 16.5. The quantitative estimate of drug-likeness (QED) is 0.509. The summed E-state index contributed by atoms with van der Waals surface area (Å²) in [7, 11) is 3.25. The van der Waals surface area contributed by atoms with E-state index < -0.39 is 0 Å². The van der Waals surface area contributed by atoms with Gasteiger partial charge in [-0.05, 0) is 26.0 Å². The molecule has 0 saturated heterocycles. The van der Waals surface area contributed by atoms with E-state index in [0.717, 1.165) is 17.1 Å². The molecule has 0 aliphatic heterocycles. The second kappa shape index (κ2) is 6.56. The first-order valence-electron chi connectivity index (χ1n) is 8.93. The first kappa shape index (κ1) is 17.8. The zero-order valence-electron chi connectivity index (χ0n) is 16.2. The summed E-state index contributed by atoms with van der Waals surface area (Å²) < 4.78 is 11.6. The van der Waals surface area contributed by atoms with Crippen molar-refractivity contribution in [1.82, 2.24) is 23.1 Å². The Morgan fingerprint density at radius 2 is 2.04 bits per heavy atom. The van der Waals surface area contributed by atoms with Gasteiger partial charge in [0.2, 0.25) is 5.78 Å². The molecular formula is C20H21N5O3. The number of allylic oxidation sites excluding steroid dienone is 2. The number of hydrogen-bond donors (Lipinski definition) is 0. The molecule has 4 rings (SSSR count). The van der Waals surface area contributed by atoms with Gasteiger partial charge in [0.05, 0.1) is 12.8 Å². The highest BCUT2D eigenvalue weighted by Gasteiger charge is 2.20. The van der Waals surface area contributed by atoms with Crippen molar-refractivity contribution in [3.63, 3.8) is 0 Å². The number of fused-ring (bicyclic) bond motifs is 3. The Kier molecular flexibility index (Phi) is 4.18. The number of methoxy groups -OCH3 is 1. The fourth-order valence-corrected chi connectivity index (χ4v) is 3.45. The smallest absolute Gasteiger partial charge is 0.332 e. The summed E-state index contributed by atoms with van der Waals surface area (Å²) in [6, 6.07) is 7.60. The van der Waals surface area contributed by atoms with E-state index in [-0.39, 0.29) is 17.8 Å². The number of nitrogens with zero attached hydrogens (tertiary/aromatic N) is 5. The number of aromatic nitrogens is 5. The molecule has 28 heavy (non-hydrogen) atoms. The van der Waals surface area contributed by atoms with Gasteiger partial charge in [-0.1, -0.05) is 18.2 Å². The van der Waals surface area contributed by atoms with Gasteiger partial charge in [-0.3, -0.25) is 22.9 Å². The Balaban J connectivity index is 2.09. The molecule has 0 saturated carbocycles. The molecule has 3 aromatic heterocycles. The van der Waals surface area contributed by atoms with E-state index in [1.807, 2.05) is 55.0 Å². The Morgan fingerprint density at radius 3 is 2.75 bits per heavy atom. The highest BCUT2D eigenvalue weighted by Crippen LogP contribution is 2.23. The van der Waals surface area contributed by atoms with Crippen LogP contribution in [0.2, 0.25) is 0 Å². The van der Waals surface area contributed by atoms with Crippen LogP contribution in [0.15, 0.2) is 52.2 Å². The first-order valence-corrected chi connectivity index (χ1v) is 8.93. The molecule has 0 radical (unpaired) electrons. The molecule has 0 bridgehead atoms. The maximum Gasteiger partial charge on any atom is 0.332 e. The number of aryl methyl sites for hydroxylation is 2. The van der Waals surface area contributed by atoms with Crippen molar-refractivity contribution in [2.24, 2.45) is 7.05 Å². The van der Waals surface area contributed by atoms with Gasteiger partial charge in [0, 0.05) is 31.5 Å². The summed E-state index contributed by atoms with van der Waals surface area (Å²) in [5.41, 5.74) is 1.77. The van der Waals surface area contributed by atoms with Crippen LogP contribution in [0.4, 0.5) is 0 Å². The molecule has 144 valence electrons. The summed E-state index contributed by atoms with van der Waals surface area (Å²) in [5.74, 6) is 1.29. The summed E-state index contributed by atoms with van der Waals surface area (Å²) in [6.07, 6.45) is 5.45. The summed E-state index contributed by atoms with van der Waals surface area (Å²) in [6.45, 7) is 4.02. The molecule has 0 unspecified atom stereocenters. The predicted molar refractivity (Wildman–Crippen MR) is 108 cm³/mol. The van der Waals surface area contributed by atoms with Crippen LogP contribution in [-0.4, -0.2) is 30.2 Å². The largest absolute Gasteiger partial charge is 0.497 e. The van der Waals surface area contributed by atoms with E-state index in [4.69, 9.17) is 4.74 Å². The second-order valence-electron chi connectivity index (χ2n) is 6.59. The van der Waals surface area contributed by atoms with Crippen molar-refractivity contribution < 1.29 is 4.74 Å². The van der Waals surface area contributed by atoms with Crippen molar-refractivity contribution in [2.75, 3.05) is 7.11 Å². The fraction of sp³-hybridized carbons (Fsp3) is 0.250. The van der Waals surface area contributed by atoms with Gasteiger partial charge in [0.15, 0.2) is 11.2 Å². The van der Waals surface area contributed by atoms with Gasteiger partial charge >= 0.3 is 5.69 Å². The first-order chi connectivity index (χ1) is 13.5. The Hall–Kier alpha value is -3.55. The number of imidazole rings is 2. The molecule has 0 atom stereocenters. The van der Waals surface area contributed by atoms with E-state index in [1.165, 1.54) is 9.13 Å². The van der Waals surface area contributed by atoms with Gasteiger partial charge < -0.3 is 4.74 Å². The monoisotopic (exact) mass is 379 g/mol. The zero-order chi connectivity index (χ0) is 20.0. The Bertz CT molecular complexity index is 1350. The third-order valence-corrected chi connectivity index (χ3v) is 4.86. The molecule has 3 heterocycles. The molecule has 1 aromatic carbocycles. The topological polar surface area (TPSA) is 75.5 Å². The van der Waals surface area contributed by atoms with Gasteiger partial charge in [0.1, 0.15) is 5.75 Å². The molecular weight excluding hydrogens is 358 g/mol. The summed E-state index contributed by atoms with van der Waals surface area (Å²) >= 11 is 0. The third-order valence-electron chi connectivity index (χ3n) is 4.86. The van der Waals surface area contributed by atoms with Gasteiger partial charge in [-0.25, -0.2) is 4.79 Å². The normalized spacial score (nSPS) is 11.9. The van der Waals surface area contributed by atoms with Crippen LogP contribution in [0.3, 0.4) is 0 Å². The highest BCUT2D eigenvalue weighted by molar-refractivity contribution is 5.76. The molecule has 0 spiro atoms. The minimum atomic E-state index is -0.388. The maximum atomic E-state index is 13.1. The standard InChI is InChI=1S/C20H21N5O3/c1-5-6-10-23-18(26)16-17(22(3)20(23)27)21-19-24(16)12-13(2)25(19)14-8-7-9-15(11-14)28-4/h5-9,11-12H,10H2,1-4H3/b6-5-. The molecule has 0 aliphatic carbocycles.